The lowest BCUT2D eigenvalue weighted by Crippen LogP contribution is -2.44. The maximum Gasteiger partial charge on any atom is 0.0367 e. The van der Waals surface area contributed by atoms with E-state index in [0.717, 1.165) is 32.6 Å². The van der Waals surface area contributed by atoms with Gasteiger partial charge >= 0.3 is 0 Å². The molecule has 0 amide bonds. The third kappa shape index (κ3) is 4.47. The van der Waals surface area contributed by atoms with Gasteiger partial charge in [0.15, 0.2) is 0 Å². The highest BCUT2D eigenvalue weighted by Gasteiger charge is 2.13. The van der Waals surface area contributed by atoms with E-state index in [4.69, 9.17) is 0 Å². The molecule has 114 valence electrons. The summed E-state index contributed by atoms with van der Waals surface area (Å²) in [6.45, 7) is 11.1. The summed E-state index contributed by atoms with van der Waals surface area (Å²) in [6.07, 6.45) is 5.57. The van der Waals surface area contributed by atoms with E-state index in [1.165, 1.54) is 22.4 Å². The van der Waals surface area contributed by atoms with Crippen LogP contribution >= 0.6 is 0 Å². The van der Waals surface area contributed by atoms with E-state index in [2.05, 4.69) is 74.0 Å². The molecule has 2 nitrogen and oxygen atoms in total. The fourth-order valence-corrected chi connectivity index (χ4v) is 2.48. The SMILES string of the molecule is CC/C(C)=C\C=C(/C)c1ccc(N2CCN(C)CC2)cc1. The van der Waals surface area contributed by atoms with E-state index in [9.17, 15) is 0 Å². The molecule has 0 saturated carbocycles. The molecule has 0 unspecified atom stereocenters. The summed E-state index contributed by atoms with van der Waals surface area (Å²) in [5.74, 6) is 0. The Bertz CT molecular complexity index is 503. The average Bonchev–Trinajstić information content (AvgIpc) is 2.53. The fourth-order valence-electron chi connectivity index (χ4n) is 2.48. The lowest BCUT2D eigenvalue weighted by atomic mass is 10.1. The zero-order chi connectivity index (χ0) is 15.2. The Balaban J connectivity index is 2.05. The second-order valence-electron chi connectivity index (χ2n) is 6.05. The summed E-state index contributed by atoms with van der Waals surface area (Å²) in [5.41, 5.74) is 5.41. The normalized spacial score (nSPS) is 18.2. The molecule has 21 heavy (non-hydrogen) atoms. The van der Waals surface area contributed by atoms with Crippen molar-refractivity contribution in [3.63, 3.8) is 0 Å². The lowest BCUT2D eigenvalue weighted by molar-refractivity contribution is 0.313. The molecule has 2 rings (SSSR count). The maximum absolute atomic E-state index is 2.48. The molecule has 0 bridgehead atoms. The molecule has 1 aliphatic heterocycles. The first-order chi connectivity index (χ1) is 10.1. The number of hydrogen-bond acceptors (Lipinski definition) is 2. The smallest absolute Gasteiger partial charge is 0.0367 e. The molecule has 0 aliphatic carbocycles. The van der Waals surface area contributed by atoms with Crippen molar-refractivity contribution in [2.45, 2.75) is 27.2 Å². The van der Waals surface area contributed by atoms with E-state index >= 15 is 0 Å². The highest BCUT2D eigenvalue weighted by atomic mass is 15.2. The molecule has 2 heteroatoms. The quantitative estimate of drug-likeness (QED) is 0.765. The van der Waals surface area contributed by atoms with E-state index in [-0.39, 0.29) is 0 Å². The van der Waals surface area contributed by atoms with Crippen LogP contribution in [-0.2, 0) is 0 Å². The standard InChI is InChI=1S/C19H28N2/c1-5-16(2)6-7-17(3)18-8-10-19(11-9-18)21-14-12-20(4)13-15-21/h6-11H,5,12-15H2,1-4H3/b16-6-,17-7+. The first kappa shape index (κ1) is 15.8. The van der Waals surface area contributed by atoms with Crippen molar-refractivity contribution < 1.29 is 0 Å². The van der Waals surface area contributed by atoms with Gasteiger partial charge in [-0.15, -0.1) is 0 Å². The van der Waals surface area contributed by atoms with Crippen molar-refractivity contribution in [1.82, 2.24) is 4.90 Å². The van der Waals surface area contributed by atoms with Crippen molar-refractivity contribution in [2.24, 2.45) is 0 Å². The van der Waals surface area contributed by atoms with Crippen LogP contribution in [0, 0.1) is 0 Å². The molecule has 0 aromatic heterocycles. The van der Waals surface area contributed by atoms with E-state index in [1.807, 2.05) is 0 Å². The molecular weight excluding hydrogens is 256 g/mol. The molecule has 1 heterocycles. The highest BCUT2D eigenvalue weighted by molar-refractivity contribution is 5.67. The van der Waals surface area contributed by atoms with Crippen molar-refractivity contribution in [3.05, 3.63) is 47.6 Å². The number of rotatable bonds is 4. The van der Waals surface area contributed by atoms with Crippen molar-refractivity contribution in [3.8, 4) is 0 Å². The van der Waals surface area contributed by atoms with Crippen molar-refractivity contribution in [2.75, 3.05) is 38.1 Å². The van der Waals surface area contributed by atoms with Gasteiger partial charge in [0.2, 0.25) is 0 Å². The summed E-state index contributed by atoms with van der Waals surface area (Å²) in [6, 6.07) is 9.01. The number of anilines is 1. The molecule has 0 atom stereocenters. The highest BCUT2D eigenvalue weighted by Crippen LogP contribution is 2.21. The monoisotopic (exact) mass is 284 g/mol. The Morgan fingerprint density at radius 2 is 1.62 bits per heavy atom. The second kappa shape index (κ2) is 7.46. The van der Waals surface area contributed by atoms with E-state index in [1.54, 1.807) is 0 Å². The first-order valence-electron chi connectivity index (χ1n) is 7.98. The van der Waals surface area contributed by atoms with Crippen LogP contribution in [0.3, 0.4) is 0 Å². The minimum absolute atomic E-state index is 1.12. The Labute approximate surface area is 129 Å². The number of benzene rings is 1. The molecule has 0 spiro atoms. The van der Waals surface area contributed by atoms with E-state index in [0.29, 0.717) is 0 Å². The molecular formula is C19H28N2. The van der Waals surface area contributed by atoms with Gasteiger partial charge in [-0.05, 0) is 50.6 Å². The van der Waals surface area contributed by atoms with Crippen LogP contribution < -0.4 is 4.90 Å². The number of nitrogens with zero attached hydrogens (tertiary/aromatic N) is 2. The van der Waals surface area contributed by atoms with Crippen LogP contribution in [0.1, 0.15) is 32.8 Å². The Hall–Kier alpha value is -1.54. The average molecular weight is 284 g/mol. The van der Waals surface area contributed by atoms with Gasteiger partial charge in [0.25, 0.3) is 0 Å². The Kier molecular flexibility index (Phi) is 5.63. The molecule has 1 saturated heterocycles. The summed E-state index contributed by atoms with van der Waals surface area (Å²) in [7, 11) is 2.19. The summed E-state index contributed by atoms with van der Waals surface area (Å²) >= 11 is 0. The zero-order valence-corrected chi connectivity index (χ0v) is 13.9. The van der Waals surface area contributed by atoms with Gasteiger partial charge < -0.3 is 9.80 Å². The molecule has 0 radical (unpaired) electrons. The van der Waals surface area contributed by atoms with Crippen LogP contribution in [0.2, 0.25) is 0 Å². The van der Waals surface area contributed by atoms with Crippen molar-refractivity contribution >= 4 is 11.3 Å². The number of hydrogen-bond donors (Lipinski definition) is 0. The Morgan fingerprint density at radius 3 is 2.19 bits per heavy atom. The third-order valence-corrected chi connectivity index (χ3v) is 4.37. The van der Waals surface area contributed by atoms with E-state index < -0.39 is 0 Å². The predicted molar refractivity (Wildman–Crippen MR) is 93.9 cm³/mol. The topological polar surface area (TPSA) is 6.48 Å². The molecule has 1 fully saturated rings. The third-order valence-electron chi connectivity index (χ3n) is 4.37. The second-order valence-corrected chi connectivity index (χ2v) is 6.05. The van der Waals surface area contributed by atoms with Gasteiger partial charge in [-0.2, -0.15) is 0 Å². The number of likely N-dealkylation sites (N-methyl/N-ethyl adjacent to an activating group) is 1. The fraction of sp³-hybridized carbons (Fsp3) is 0.474. The lowest BCUT2D eigenvalue weighted by Gasteiger charge is -2.34. The number of piperazine rings is 1. The first-order valence-corrected chi connectivity index (χ1v) is 7.98. The molecule has 1 aliphatic rings. The molecule has 1 aromatic rings. The Morgan fingerprint density at radius 1 is 1.00 bits per heavy atom. The van der Waals surface area contributed by atoms with Gasteiger partial charge in [0.1, 0.15) is 0 Å². The molecule has 0 N–H and O–H groups in total. The van der Waals surface area contributed by atoms with Gasteiger partial charge in [0.05, 0.1) is 0 Å². The van der Waals surface area contributed by atoms with Gasteiger partial charge in [0, 0.05) is 31.9 Å². The van der Waals surface area contributed by atoms with Crippen LogP contribution in [0.5, 0.6) is 0 Å². The zero-order valence-electron chi connectivity index (χ0n) is 13.9. The van der Waals surface area contributed by atoms with Crippen LogP contribution in [0.4, 0.5) is 5.69 Å². The van der Waals surface area contributed by atoms with Gasteiger partial charge in [-0.3, -0.25) is 0 Å². The summed E-state index contributed by atoms with van der Waals surface area (Å²) < 4.78 is 0. The maximum atomic E-state index is 2.48. The minimum Gasteiger partial charge on any atom is -0.369 e. The van der Waals surface area contributed by atoms with Gasteiger partial charge in [-0.1, -0.05) is 36.8 Å². The van der Waals surface area contributed by atoms with Crippen molar-refractivity contribution in [1.29, 1.82) is 0 Å². The predicted octanol–water partition coefficient (Wildman–Crippen LogP) is 4.20. The number of allylic oxidation sites excluding steroid dienone is 4. The molecule has 1 aromatic carbocycles. The van der Waals surface area contributed by atoms with Crippen LogP contribution in [0.25, 0.3) is 5.57 Å². The minimum atomic E-state index is 1.12. The summed E-state index contributed by atoms with van der Waals surface area (Å²) in [4.78, 5) is 4.87. The van der Waals surface area contributed by atoms with Crippen LogP contribution in [0.15, 0.2) is 42.0 Å². The largest absolute Gasteiger partial charge is 0.369 e. The van der Waals surface area contributed by atoms with Gasteiger partial charge in [-0.25, -0.2) is 0 Å². The summed E-state index contributed by atoms with van der Waals surface area (Å²) in [5, 5.41) is 0. The van der Waals surface area contributed by atoms with Crippen LogP contribution in [-0.4, -0.2) is 38.1 Å².